The molecule has 0 unspecified atom stereocenters. The normalized spacial score (nSPS) is 12.1. The third kappa shape index (κ3) is 8.02. The van der Waals surface area contributed by atoms with E-state index >= 15 is 0 Å². The Labute approximate surface area is 132 Å². The van der Waals surface area contributed by atoms with Gasteiger partial charge in [0.25, 0.3) is 0 Å². The van der Waals surface area contributed by atoms with Crippen LogP contribution in [0.2, 0.25) is 0 Å². The highest BCUT2D eigenvalue weighted by molar-refractivity contribution is 7.98. The van der Waals surface area contributed by atoms with Gasteiger partial charge < -0.3 is 15.4 Å². The van der Waals surface area contributed by atoms with Crippen LogP contribution in [0.3, 0.4) is 0 Å². The largest absolute Gasteiger partial charge is 0.484 e. The van der Waals surface area contributed by atoms with Crippen molar-refractivity contribution in [3.8, 4) is 5.75 Å². The summed E-state index contributed by atoms with van der Waals surface area (Å²) in [6.07, 6.45) is -2.32. The SMILES string of the molecule is CN=C(NCCSC)NCc1cccc(OCC(F)(F)F)c1. The smallest absolute Gasteiger partial charge is 0.422 e. The monoisotopic (exact) mass is 335 g/mol. The van der Waals surface area contributed by atoms with Crippen molar-refractivity contribution in [2.75, 3.05) is 32.2 Å². The summed E-state index contributed by atoms with van der Waals surface area (Å²) in [5.74, 6) is 1.80. The third-order valence-corrected chi connectivity index (χ3v) is 3.20. The van der Waals surface area contributed by atoms with E-state index in [1.54, 1.807) is 30.9 Å². The maximum Gasteiger partial charge on any atom is 0.422 e. The van der Waals surface area contributed by atoms with E-state index in [9.17, 15) is 13.2 Å². The number of hydrogen-bond donors (Lipinski definition) is 2. The lowest BCUT2D eigenvalue weighted by Gasteiger charge is -2.13. The van der Waals surface area contributed by atoms with Crippen LogP contribution in [0.15, 0.2) is 29.3 Å². The molecule has 0 radical (unpaired) electrons. The quantitative estimate of drug-likeness (QED) is 0.457. The van der Waals surface area contributed by atoms with Crippen molar-refractivity contribution in [3.63, 3.8) is 0 Å². The second kappa shape index (κ2) is 9.45. The Morgan fingerprint density at radius 3 is 2.73 bits per heavy atom. The first-order chi connectivity index (χ1) is 10.4. The van der Waals surface area contributed by atoms with Gasteiger partial charge in [-0.2, -0.15) is 24.9 Å². The van der Waals surface area contributed by atoms with Crippen molar-refractivity contribution < 1.29 is 17.9 Å². The molecule has 0 aliphatic carbocycles. The lowest BCUT2D eigenvalue weighted by Crippen LogP contribution is -2.37. The van der Waals surface area contributed by atoms with E-state index in [4.69, 9.17) is 4.74 Å². The maximum atomic E-state index is 12.1. The van der Waals surface area contributed by atoms with Crippen LogP contribution in [0, 0.1) is 0 Å². The lowest BCUT2D eigenvalue weighted by atomic mass is 10.2. The van der Waals surface area contributed by atoms with Gasteiger partial charge in [-0.3, -0.25) is 4.99 Å². The molecule has 2 N–H and O–H groups in total. The van der Waals surface area contributed by atoms with E-state index in [0.29, 0.717) is 12.5 Å². The second-order valence-corrected chi connectivity index (χ2v) is 5.38. The second-order valence-electron chi connectivity index (χ2n) is 4.40. The van der Waals surface area contributed by atoms with Gasteiger partial charge in [-0.15, -0.1) is 0 Å². The van der Waals surface area contributed by atoms with Crippen molar-refractivity contribution in [1.29, 1.82) is 0 Å². The molecule has 0 aliphatic heterocycles. The Morgan fingerprint density at radius 1 is 1.32 bits per heavy atom. The minimum Gasteiger partial charge on any atom is -0.484 e. The zero-order valence-corrected chi connectivity index (χ0v) is 13.4. The zero-order valence-electron chi connectivity index (χ0n) is 12.5. The number of alkyl halides is 3. The molecule has 0 saturated carbocycles. The first-order valence-electron chi connectivity index (χ1n) is 6.66. The average molecular weight is 335 g/mol. The Morgan fingerprint density at radius 2 is 2.09 bits per heavy atom. The van der Waals surface area contributed by atoms with E-state index in [0.717, 1.165) is 17.9 Å². The molecule has 0 bridgehead atoms. The molecule has 0 amide bonds. The molecule has 0 aromatic heterocycles. The third-order valence-electron chi connectivity index (χ3n) is 2.58. The molecule has 0 spiro atoms. The minimum atomic E-state index is -4.34. The molecule has 0 fully saturated rings. The number of hydrogen-bond acceptors (Lipinski definition) is 3. The van der Waals surface area contributed by atoms with Gasteiger partial charge in [0.05, 0.1) is 0 Å². The van der Waals surface area contributed by atoms with Gasteiger partial charge in [-0.05, 0) is 24.0 Å². The predicted molar refractivity (Wildman–Crippen MR) is 84.6 cm³/mol. The van der Waals surface area contributed by atoms with E-state index in [1.807, 2.05) is 12.3 Å². The molecule has 1 aromatic carbocycles. The van der Waals surface area contributed by atoms with E-state index in [-0.39, 0.29) is 5.75 Å². The molecular weight excluding hydrogens is 315 g/mol. The van der Waals surface area contributed by atoms with Crippen LogP contribution in [0.25, 0.3) is 0 Å². The first-order valence-corrected chi connectivity index (χ1v) is 8.06. The standard InChI is InChI=1S/C14H20F3N3OS/c1-18-13(19-6-7-22-2)20-9-11-4-3-5-12(8-11)21-10-14(15,16)17/h3-5,8H,6-7,9-10H2,1-2H3,(H2,18,19,20). The lowest BCUT2D eigenvalue weighted by molar-refractivity contribution is -0.153. The Bertz CT molecular complexity index is 481. The van der Waals surface area contributed by atoms with Crippen LogP contribution >= 0.6 is 11.8 Å². The highest BCUT2D eigenvalue weighted by atomic mass is 32.2. The van der Waals surface area contributed by atoms with Crippen molar-refractivity contribution >= 4 is 17.7 Å². The number of nitrogens with zero attached hydrogens (tertiary/aromatic N) is 1. The molecule has 0 saturated heterocycles. The van der Waals surface area contributed by atoms with Crippen LogP contribution in [-0.2, 0) is 6.54 Å². The van der Waals surface area contributed by atoms with Crippen LogP contribution < -0.4 is 15.4 Å². The zero-order chi connectivity index (χ0) is 16.4. The molecule has 1 rings (SSSR count). The molecule has 124 valence electrons. The van der Waals surface area contributed by atoms with Crippen molar-refractivity contribution in [3.05, 3.63) is 29.8 Å². The van der Waals surface area contributed by atoms with E-state index in [2.05, 4.69) is 15.6 Å². The van der Waals surface area contributed by atoms with Gasteiger partial charge >= 0.3 is 6.18 Å². The molecule has 0 aliphatic rings. The summed E-state index contributed by atoms with van der Waals surface area (Å²) < 4.78 is 41.1. The number of nitrogens with one attached hydrogen (secondary N) is 2. The summed E-state index contributed by atoms with van der Waals surface area (Å²) in [6.45, 7) is -0.0560. The number of benzene rings is 1. The van der Waals surface area contributed by atoms with Gasteiger partial charge in [0, 0.05) is 25.9 Å². The fraction of sp³-hybridized carbons (Fsp3) is 0.500. The van der Waals surface area contributed by atoms with Gasteiger partial charge in [0.1, 0.15) is 5.75 Å². The molecule has 0 heterocycles. The van der Waals surface area contributed by atoms with E-state index < -0.39 is 12.8 Å². The Kier molecular flexibility index (Phi) is 7.94. The summed E-state index contributed by atoms with van der Waals surface area (Å²) in [5, 5.41) is 6.23. The van der Waals surface area contributed by atoms with Crippen molar-refractivity contribution in [1.82, 2.24) is 10.6 Å². The topological polar surface area (TPSA) is 45.7 Å². The van der Waals surface area contributed by atoms with E-state index in [1.165, 1.54) is 6.07 Å². The molecular formula is C14H20F3N3OS. The fourth-order valence-corrected chi connectivity index (χ4v) is 1.89. The Balaban J connectivity index is 2.48. The molecule has 22 heavy (non-hydrogen) atoms. The fourth-order valence-electron chi connectivity index (χ4n) is 1.59. The van der Waals surface area contributed by atoms with Gasteiger partial charge in [0.2, 0.25) is 0 Å². The van der Waals surface area contributed by atoms with Crippen LogP contribution in [0.1, 0.15) is 5.56 Å². The van der Waals surface area contributed by atoms with Crippen LogP contribution in [0.5, 0.6) is 5.75 Å². The maximum absolute atomic E-state index is 12.1. The molecule has 0 atom stereocenters. The number of guanidine groups is 1. The molecule has 8 heteroatoms. The number of aliphatic imine (C=N–C) groups is 1. The first kappa shape index (κ1) is 18.5. The predicted octanol–water partition coefficient (Wildman–Crippen LogP) is 2.66. The highest BCUT2D eigenvalue weighted by Crippen LogP contribution is 2.19. The summed E-state index contributed by atoms with van der Waals surface area (Å²) in [4.78, 5) is 4.07. The summed E-state index contributed by atoms with van der Waals surface area (Å²) in [6, 6.07) is 6.55. The number of rotatable bonds is 7. The molecule has 4 nitrogen and oxygen atoms in total. The van der Waals surface area contributed by atoms with Gasteiger partial charge in [-0.25, -0.2) is 0 Å². The minimum absolute atomic E-state index is 0.196. The van der Waals surface area contributed by atoms with Gasteiger partial charge in [0.15, 0.2) is 12.6 Å². The van der Waals surface area contributed by atoms with Crippen molar-refractivity contribution in [2.24, 2.45) is 4.99 Å². The van der Waals surface area contributed by atoms with Crippen LogP contribution in [0.4, 0.5) is 13.2 Å². The Hall–Kier alpha value is -1.57. The summed E-state index contributed by atoms with van der Waals surface area (Å²) in [7, 11) is 1.66. The molecule has 1 aromatic rings. The average Bonchev–Trinajstić information content (AvgIpc) is 2.48. The van der Waals surface area contributed by atoms with Crippen molar-refractivity contribution in [2.45, 2.75) is 12.7 Å². The number of thioether (sulfide) groups is 1. The highest BCUT2D eigenvalue weighted by Gasteiger charge is 2.28. The van der Waals surface area contributed by atoms with Gasteiger partial charge in [-0.1, -0.05) is 12.1 Å². The summed E-state index contributed by atoms with van der Waals surface area (Å²) >= 11 is 1.72. The number of halogens is 3. The van der Waals surface area contributed by atoms with Crippen LogP contribution in [-0.4, -0.2) is 44.3 Å². The number of ether oxygens (including phenoxy) is 1. The summed E-state index contributed by atoms with van der Waals surface area (Å²) in [5.41, 5.74) is 0.812.